The molecule has 2 aliphatic heterocycles. The van der Waals surface area contributed by atoms with Crippen molar-refractivity contribution in [1.29, 1.82) is 0 Å². The maximum Gasteiger partial charge on any atom is 0.339 e. The number of ether oxygens (including phenoxy) is 3. The Labute approximate surface area is 186 Å². The Balaban J connectivity index is 2.02. The van der Waals surface area contributed by atoms with E-state index >= 15 is 0 Å². The van der Waals surface area contributed by atoms with Gasteiger partial charge in [0.25, 0.3) is 0 Å². The Morgan fingerprint density at radius 2 is 1.81 bits per heavy atom. The van der Waals surface area contributed by atoms with E-state index < -0.39 is 23.3 Å². The Kier molecular flexibility index (Phi) is 7.30. The van der Waals surface area contributed by atoms with Gasteiger partial charge in [-0.2, -0.15) is 0 Å². The maximum absolute atomic E-state index is 14.2. The number of nitrogens with zero attached hydrogens (tertiary/aromatic N) is 1. The molecule has 0 unspecified atom stereocenters. The quantitative estimate of drug-likeness (QED) is 0.569. The summed E-state index contributed by atoms with van der Waals surface area (Å²) in [5.74, 6) is -0.182. The topological polar surface area (TPSA) is 65.1 Å². The SMILES string of the molecule is CCCC1CCN(C(=O)[C@](CCC)(c2ccc(OC)cc2)[C@@H]2OC(C)(C)OC2=O)CC1. The highest BCUT2D eigenvalue weighted by Crippen LogP contribution is 2.43. The minimum Gasteiger partial charge on any atom is -0.497 e. The van der Waals surface area contributed by atoms with Gasteiger partial charge in [0.05, 0.1) is 7.11 Å². The molecular weight excluding hydrogens is 394 g/mol. The second-order valence-electron chi connectivity index (χ2n) is 9.29. The summed E-state index contributed by atoms with van der Waals surface area (Å²) in [7, 11) is 1.61. The van der Waals surface area contributed by atoms with Gasteiger partial charge >= 0.3 is 5.97 Å². The van der Waals surface area contributed by atoms with Gasteiger partial charge in [-0.25, -0.2) is 4.79 Å². The van der Waals surface area contributed by atoms with Gasteiger partial charge in [-0.1, -0.05) is 45.2 Å². The number of amides is 1. The zero-order valence-electron chi connectivity index (χ0n) is 19.6. The van der Waals surface area contributed by atoms with Crippen LogP contribution in [0.3, 0.4) is 0 Å². The summed E-state index contributed by atoms with van der Waals surface area (Å²) in [4.78, 5) is 29.1. The number of piperidine rings is 1. The molecule has 2 atom stereocenters. The van der Waals surface area contributed by atoms with Crippen molar-refractivity contribution >= 4 is 11.9 Å². The number of benzene rings is 1. The van der Waals surface area contributed by atoms with E-state index in [1.807, 2.05) is 36.1 Å². The number of hydrogen-bond donors (Lipinski definition) is 0. The molecule has 2 heterocycles. The monoisotopic (exact) mass is 431 g/mol. The van der Waals surface area contributed by atoms with Crippen molar-refractivity contribution in [2.45, 2.75) is 83.5 Å². The molecule has 3 rings (SSSR count). The number of methoxy groups -OCH3 is 1. The first-order chi connectivity index (χ1) is 14.8. The van der Waals surface area contributed by atoms with E-state index in [0.717, 1.165) is 37.9 Å². The van der Waals surface area contributed by atoms with Crippen molar-refractivity contribution in [3.63, 3.8) is 0 Å². The van der Waals surface area contributed by atoms with Crippen molar-refractivity contribution in [1.82, 2.24) is 4.90 Å². The molecule has 6 nitrogen and oxygen atoms in total. The van der Waals surface area contributed by atoms with E-state index in [-0.39, 0.29) is 5.91 Å². The average molecular weight is 432 g/mol. The predicted octanol–water partition coefficient (Wildman–Crippen LogP) is 4.45. The van der Waals surface area contributed by atoms with Crippen LogP contribution in [-0.4, -0.2) is 48.9 Å². The molecule has 1 aromatic rings. The van der Waals surface area contributed by atoms with Gasteiger partial charge in [-0.05, 0) is 42.9 Å². The van der Waals surface area contributed by atoms with Crippen LogP contribution in [0.2, 0.25) is 0 Å². The molecule has 0 aromatic heterocycles. The lowest BCUT2D eigenvalue weighted by Crippen LogP contribution is -2.57. The lowest BCUT2D eigenvalue weighted by molar-refractivity contribution is -0.164. The fourth-order valence-corrected chi connectivity index (χ4v) is 5.12. The van der Waals surface area contributed by atoms with Crippen molar-refractivity contribution in [2.24, 2.45) is 5.92 Å². The fraction of sp³-hybridized carbons (Fsp3) is 0.680. The highest BCUT2D eigenvalue weighted by atomic mass is 16.8. The Bertz CT molecular complexity index is 767. The summed E-state index contributed by atoms with van der Waals surface area (Å²) in [6.07, 6.45) is 4.64. The van der Waals surface area contributed by atoms with Gasteiger partial charge < -0.3 is 19.1 Å². The van der Waals surface area contributed by atoms with Crippen LogP contribution in [0.1, 0.15) is 71.8 Å². The molecule has 0 radical (unpaired) electrons. The van der Waals surface area contributed by atoms with Crippen LogP contribution in [0.4, 0.5) is 0 Å². The molecule has 0 aliphatic carbocycles. The minimum atomic E-state index is -1.12. The number of carbonyl (C=O) groups excluding carboxylic acids is 2. The number of hydrogen-bond acceptors (Lipinski definition) is 5. The van der Waals surface area contributed by atoms with E-state index in [1.54, 1.807) is 21.0 Å². The number of rotatable bonds is 8. The minimum absolute atomic E-state index is 0.0332. The van der Waals surface area contributed by atoms with Crippen LogP contribution < -0.4 is 4.74 Å². The van der Waals surface area contributed by atoms with Gasteiger partial charge in [-0.3, -0.25) is 4.79 Å². The summed E-state index contributed by atoms with van der Waals surface area (Å²) in [6.45, 7) is 9.11. The van der Waals surface area contributed by atoms with Crippen molar-refractivity contribution in [3.8, 4) is 5.75 Å². The smallest absolute Gasteiger partial charge is 0.339 e. The molecule has 0 bridgehead atoms. The van der Waals surface area contributed by atoms with Gasteiger partial charge in [0.2, 0.25) is 11.7 Å². The molecule has 0 N–H and O–H groups in total. The zero-order valence-corrected chi connectivity index (χ0v) is 19.6. The summed E-state index contributed by atoms with van der Waals surface area (Å²) in [5.41, 5.74) is -0.348. The van der Waals surface area contributed by atoms with Crippen molar-refractivity contribution in [3.05, 3.63) is 29.8 Å². The lowest BCUT2D eigenvalue weighted by atomic mass is 9.70. The summed E-state index contributed by atoms with van der Waals surface area (Å²) in [5, 5.41) is 0. The van der Waals surface area contributed by atoms with Gasteiger partial charge in [0.1, 0.15) is 11.2 Å². The molecule has 2 fully saturated rings. The standard InChI is InChI=1S/C25H37NO5/c1-6-8-18-13-16-26(17-14-18)23(28)25(15-7-2,19-9-11-20(29-5)12-10-19)21-22(27)31-24(3,4)30-21/h9-12,18,21H,6-8,13-17H2,1-5H3/t21-,25-/m1/s1. The molecule has 2 aliphatic rings. The molecule has 1 amide bonds. The first kappa shape index (κ1) is 23.6. The van der Waals surface area contributed by atoms with Crippen molar-refractivity contribution < 1.29 is 23.8 Å². The van der Waals surface area contributed by atoms with Crippen LogP contribution in [-0.2, 0) is 24.5 Å². The molecule has 31 heavy (non-hydrogen) atoms. The van der Waals surface area contributed by atoms with Crippen LogP contribution in [0.25, 0.3) is 0 Å². The van der Waals surface area contributed by atoms with E-state index in [4.69, 9.17) is 14.2 Å². The second kappa shape index (κ2) is 9.60. The summed E-state index contributed by atoms with van der Waals surface area (Å²) >= 11 is 0. The molecule has 0 spiro atoms. The second-order valence-corrected chi connectivity index (χ2v) is 9.29. The first-order valence-corrected chi connectivity index (χ1v) is 11.6. The Hall–Kier alpha value is -2.08. The van der Waals surface area contributed by atoms with Gasteiger partial charge in [0, 0.05) is 26.9 Å². The number of likely N-dealkylation sites (tertiary alicyclic amines) is 1. The third kappa shape index (κ3) is 4.74. The lowest BCUT2D eigenvalue weighted by Gasteiger charge is -2.42. The number of esters is 1. The fourth-order valence-electron chi connectivity index (χ4n) is 5.12. The molecule has 0 saturated carbocycles. The van der Waals surface area contributed by atoms with E-state index in [0.29, 0.717) is 18.1 Å². The highest BCUT2D eigenvalue weighted by Gasteiger charge is 2.58. The van der Waals surface area contributed by atoms with E-state index in [9.17, 15) is 9.59 Å². The van der Waals surface area contributed by atoms with Crippen LogP contribution >= 0.6 is 0 Å². The molecule has 172 valence electrons. The van der Waals surface area contributed by atoms with E-state index in [1.165, 1.54) is 12.8 Å². The molecule has 1 aromatic carbocycles. The largest absolute Gasteiger partial charge is 0.497 e. The van der Waals surface area contributed by atoms with Gasteiger partial charge in [0.15, 0.2) is 6.10 Å². The van der Waals surface area contributed by atoms with Gasteiger partial charge in [-0.15, -0.1) is 0 Å². The first-order valence-electron chi connectivity index (χ1n) is 11.6. The molecule has 2 saturated heterocycles. The summed E-state index contributed by atoms with van der Waals surface area (Å²) < 4.78 is 16.9. The normalized spacial score (nSPS) is 23.3. The van der Waals surface area contributed by atoms with Crippen LogP contribution in [0.5, 0.6) is 5.75 Å². The van der Waals surface area contributed by atoms with Crippen molar-refractivity contribution in [2.75, 3.05) is 20.2 Å². The average Bonchev–Trinajstić information content (AvgIpc) is 3.05. The molecular formula is C25H37NO5. The van der Waals surface area contributed by atoms with E-state index in [2.05, 4.69) is 6.92 Å². The summed E-state index contributed by atoms with van der Waals surface area (Å²) in [6, 6.07) is 7.45. The Morgan fingerprint density at radius 1 is 1.16 bits per heavy atom. The third-order valence-corrected chi connectivity index (χ3v) is 6.64. The number of carbonyl (C=O) groups is 2. The number of cyclic esters (lactones) is 1. The van der Waals surface area contributed by atoms with Crippen LogP contribution in [0.15, 0.2) is 24.3 Å². The highest BCUT2D eigenvalue weighted by molar-refractivity contribution is 5.96. The third-order valence-electron chi connectivity index (χ3n) is 6.64. The van der Waals surface area contributed by atoms with Crippen LogP contribution in [0, 0.1) is 5.92 Å². The predicted molar refractivity (Wildman–Crippen MR) is 119 cm³/mol. The zero-order chi connectivity index (χ0) is 22.6. The Morgan fingerprint density at radius 3 is 2.29 bits per heavy atom. The maximum atomic E-state index is 14.2. The molecule has 6 heteroatoms.